The van der Waals surface area contributed by atoms with Crippen molar-refractivity contribution in [2.24, 2.45) is 0 Å². The van der Waals surface area contributed by atoms with Crippen LogP contribution >= 0.6 is 0 Å². The molecule has 3 aromatic rings. The van der Waals surface area contributed by atoms with Gasteiger partial charge >= 0.3 is 0 Å². The number of halogens is 1. The molecule has 2 heterocycles. The summed E-state index contributed by atoms with van der Waals surface area (Å²) in [5.41, 5.74) is 12.8. The third-order valence-corrected chi connectivity index (χ3v) is 4.98. The number of carbonyl (C=O) groups is 1. The number of nitrogens with one attached hydrogen (secondary N) is 2. The van der Waals surface area contributed by atoms with Gasteiger partial charge in [0.1, 0.15) is 17.8 Å². The lowest BCUT2D eigenvalue weighted by atomic mass is 10.2. The summed E-state index contributed by atoms with van der Waals surface area (Å²) >= 11 is 0. The number of para-hydroxylation sites is 1. The van der Waals surface area contributed by atoms with Crippen molar-refractivity contribution in [3.05, 3.63) is 72.3 Å². The Balaban J connectivity index is 1.41. The fraction of sp³-hybridized carbons (Fsp3) is 0.190. The molecular formula is C21H22FN7O. The van der Waals surface area contributed by atoms with E-state index in [-0.39, 0.29) is 11.4 Å². The molecule has 4 rings (SSSR count). The molecule has 0 atom stereocenters. The number of hydrogen-bond acceptors (Lipinski definition) is 7. The number of hydrogen-bond donors (Lipinski definition) is 3. The van der Waals surface area contributed by atoms with Crippen LogP contribution in [0.3, 0.4) is 0 Å². The highest BCUT2D eigenvalue weighted by Crippen LogP contribution is 2.27. The van der Waals surface area contributed by atoms with E-state index in [9.17, 15) is 9.18 Å². The Morgan fingerprint density at radius 1 is 0.933 bits per heavy atom. The first-order valence-electron chi connectivity index (χ1n) is 9.60. The Hall–Kier alpha value is -3.88. The van der Waals surface area contributed by atoms with Crippen LogP contribution < -0.4 is 26.4 Å². The number of carbonyl (C=O) groups excluding carboxylic acids is 1. The van der Waals surface area contributed by atoms with Gasteiger partial charge in [0.2, 0.25) is 0 Å². The molecule has 30 heavy (non-hydrogen) atoms. The Morgan fingerprint density at radius 2 is 1.60 bits per heavy atom. The van der Waals surface area contributed by atoms with Crippen LogP contribution in [0.5, 0.6) is 0 Å². The Labute approximate surface area is 173 Å². The summed E-state index contributed by atoms with van der Waals surface area (Å²) in [5, 5.41) is 0. The maximum atomic E-state index is 13.8. The van der Waals surface area contributed by atoms with E-state index in [1.54, 1.807) is 6.07 Å². The second kappa shape index (κ2) is 8.64. The standard InChI is InChI=1S/C21H22FN7O/c22-17-9-5-4-8-16(17)21(30)27-26-19-18(23)20(25-14-24-19)29-12-10-28(11-13-29)15-6-2-1-3-7-15/h1-9,14H,10-13,23H2,(H,27,30)(H,24,25,26). The molecule has 1 saturated heterocycles. The summed E-state index contributed by atoms with van der Waals surface area (Å²) in [6.45, 7) is 3.16. The fourth-order valence-corrected chi connectivity index (χ4v) is 3.38. The predicted molar refractivity (Wildman–Crippen MR) is 115 cm³/mol. The Bertz CT molecular complexity index is 1020. The molecule has 0 radical (unpaired) electrons. The molecule has 0 spiro atoms. The second-order valence-electron chi connectivity index (χ2n) is 6.83. The zero-order valence-electron chi connectivity index (χ0n) is 16.3. The molecule has 0 saturated carbocycles. The van der Waals surface area contributed by atoms with Gasteiger partial charge in [0, 0.05) is 31.9 Å². The van der Waals surface area contributed by atoms with Gasteiger partial charge in [-0.15, -0.1) is 0 Å². The topological polar surface area (TPSA) is 99.4 Å². The summed E-state index contributed by atoms with van der Waals surface area (Å²) in [5.74, 6) is -0.371. The van der Waals surface area contributed by atoms with E-state index in [0.717, 1.165) is 26.2 Å². The number of piperazine rings is 1. The zero-order chi connectivity index (χ0) is 20.9. The summed E-state index contributed by atoms with van der Waals surface area (Å²) in [6, 6.07) is 16.0. The minimum atomic E-state index is -0.621. The van der Waals surface area contributed by atoms with E-state index in [0.29, 0.717) is 11.5 Å². The van der Waals surface area contributed by atoms with Crippen LogP contribution in [0.2, 0.25) is 0 Å². The molecule has 9 heteroatoms. The second-order valence-corrected chi connectivity index (χ2v) is 6.83. The van der Waals surface area contributed by atoms with Crippen molar-refractivity contribution in [1.82, 2.24) is 15.4 Å². The van der Waals surface area contributed by atoms with E-state index in [4.69, 9.17) is 5.73 Å². The number of rotatable bonds is 5. The quantitative estimate of drug-likeness (QED) is 0.558. The third-order valence-electron chi connectivity index (χ3n) is 4.98. The van der Waals surface area contributed by atoms with Crippen LogP contribution in [0, 0.1) is 5.82 Å². The number of hydrazine groups is 1. The molecular weight excluding hydrogens is 385 g/mol. The average Bonchev–Trinajstić information content (AvgIpc) is 2.79. The van der Waals surface area contributed by atoms with Crippen molar-refractivity contribution in [3.8, 4) is 0 Å². The van der Waals surface area contributed by atoms with Gasteiger partial charge in [-0.1, -0.05) is 30.3 Å². The van der Waals surface area contributed by atoms with Crippen molar-refractivity contribution in [3.63, 3.8) is 0 Å². The smallest absolute Gasteiger partial charge is 0.272 e. The normalized spacial score (nSPS) is 13.8. The summed E-state index contributed by atoms with van der Waals surface area (Å²) in [6.07, 6.45) is 1.38. The van der Waals surface area contributed by atoms with E-state index >= 15 is 0 Å². The molecule has 154 valence electrons. The number of anilines is 4. The number of aromatic nitrogens is 2. The fourth-order valence-electron chi connectivity index (χ4n) is 3.38. The SMILES string of the molecule is Nc1c(NNC(=O)c2ccccc2F)ncnc1N1CCN(c2ccccc2)CC1. The number of nitrogens with zero attached hydrogens (tertiary/aromatic N) is 4. The number of nitrogens with two attached hydrogens (primary N) is 1. The highest BCUT2D eigenvalue weighted by atomic mass is 19.1. The van der Waals surface area contributed by atoms with Gasteiger partial charge in [-0.3, -0.25) is 15.6 Å². The molecule has 0 unspecified atom stereocenters. The molecule has 1 aliphatic heterocycles. The molecule has 1 aliphatic rings. The maximum absolute atomic E-state index is 13.8. The van der Waals surface area contributed by atoms with Crippen LogP contribution in [0.25, 0.3) is 0 Å². The Morgan fingerprint density at radius 3 is 2.33 bits per heavy atom. The van der Waals surface area contributed by atoms with Crippen LogP contribution in [-0.2, 0) is 0 Å². The molecule has 1 aromatic heterocycles. The molecule has 0 bridgehead atoms. The highest BCUT2D eigenvalue weighted by molar-refractivity contribution is 5.95. The van der Waals surface area contributed by atoms with Gasteiger partial charge in [0.25, 0.3) is 5.91 Å². The molecule has 1 amide bonds. The van der Waals surface area contributed by atoms with Gasteiger partial charge < -0.3 is 15.5 Å². The first-order chi connectivity index (χ1) is 14.6. The monoisotopic (exact) mass is 407 g/mol. The predicted octanol–water partition coefficient (Wildman–Crippen LogP) is 2.28. The van der Waals surface area contributed by atoms with Crippen molar-refractivity contribution in [1.29, 1.82) is 0 Å². The molecule has 4 N–H and O–H groups in total. The zero-order valence-corrected chi connectivity index (χ0v) is 16.3. The Kier molecular flexibility index (Phi) is 5.60. The lowest BCUT2D eigenvalue weighted by Crippen LogP contribution is -2.47. The largest absolute Gasteiger partial charge is 0.393 e. The number of amides is 1. The van der Waals surface area contributed by atoms with E-state index in [1.165, 1.54) is 30.2 Å². The van der Waals surface area contributed by atoms with Gasteiger partial charge in [0.05, 0.1) is 5.56 Å². The van der Waals surface area contributed by atoms with Crippen molar-refractivity contribution in [2.45, 2.75) is 0 Å². The molecule has 0 aliphatic carbocycles. The highest BCUT2D eigenvalue weighted by Gasteiger charge is 2.21. The van der Waals surface area contributed by atoms with Gasteiger partial charge in [0.15, 0.2) is 11.6 Å². The number of benzene rings is 2. The van der Waals surface area contributed by atoms with Crippen molar-refractivity contribution >= 4 is 28.9 Å². The van der Waals surface area contributed by atoms with E-state index in [2.05, 4.69) is 42.8 Å². The van der Waals surface area contributed by atoms with Gasteiger partial charge in [-0.2, -0.15) is 0 Å². The van der Waals surface area contributed by atoms with E-state index < -0.39 is 11.7 Å². The van der Waals surface area contributed by atoms with Crippen LogP contribution in [0.4, 0.5) is 27.4 Å². The van der Waals surface area contributed by atoms with Crippen molar-refractivity contribution in [2.75, 3.05) is 47.1 Å². The van der Waals surface area contributed by atoms with Gasteiger partial charge in [-0.05, 0) is 24.3 Å². The van der Waals surface area contributed by atoms with Crippen LogP contribution in [0.1, 0.15) is 10.4 Å². The third kappa shape index (κ3) is 4.09. The lowest BCUT2D eigenvalue weighted by molar-refractivity contribution is 0.0958. The van der Waals surface area contributed by atoms with Crippen LogP contribution in [-0.4, -0.2) is 42.1 Å². The summed E-state index contributed by atoms with van der Waals surface area (Å²) in [4.78, 5) is 25.0. The molecule has 8 nitrogen and oxygen atoms in total. The van der Waals surface area contributed by atoms with Crippen molar-refractivity contribution < 1.29 is 9.18 Å². The first-order valence-corrected chi connectivity index (χ1v) is 9.60. The maximum Gasteiger partial charge on any atom is 0.272 e. The summed E-state index contributed by atoms with van der Waals surface area (Å²) in [7, 11) is 0. The minimum Gasteiger partial charge on any atom is -0.393 e. The van der Waals surface area contributed by atoms with Crippen LogP contribution in [0.15, 0.2) is 60.9 Å². The average molecular weight is 407 g/mol. The lowest BCUT2D eigenvalue weighted by Gasteiger charge is -2.37. The summed E-state index contributed by atoms with van der Waals surface area (Å²) < 4.78 is 13.8. The first kappa shape index (κ1) is 19.4. The minimum absolute atomic E-state index is 0.0742. The van der Waals surface area contributed by atoms with E-state index in [1.807, 2.05) is 18.2 Å². The molecule has 2 aromatic carbocycles. The molecule has 1 fully saturated rings. The number of nitrogen functional groups attached to an aromatic ring is 1. The van der Waals surface area contributed by atoms with Gasteiger partial charge in [-0.25, -0.2) is 14.4 Å².